The Morgan fingerprint density at radius 3 is 2.72 bits per heavy atom. The van der Waals surface area contributed by atoms with Gasteiger partial charge in [0.1, 0.15) is 11.5 Å². The number of piperidine rings is 1. The average molecular weight is 341 g/mol. The normalized spacial score (nSPS) is 15.1. The van der Waals surface area contributed by atoms with Crippen LogP contribution in [0.15, 0.2) is 36.8 Å². The van der Waals surface area contributed by atoms with Crippen molar-refractivity contribution in [2.45, 2.75) is 25.7 Å². The maximum atomic E-state index is 12.4. The molecule has 0 bridgehead atoms. The smallest absolute Gasteiger partial charge is 0.272 e. The van der Waals surface area contributed by atoms with Crippen LogP contribution in [-0.4, -0.2) is 51.3 Å². The number of nitrogens with zero attached hydrogens (tertiary/aromatic N) is 3. The minimum absolute atomic E-state index is 0.0172. The molecule has 2 aromatic rings. The fourth-order valence-corrected chi connectivity index (χ4v) is 3.04. The van der Waals surface area contributed by atoms with Crippen LogP contribution in [0.2, 0.25) is 0 Å². The standard InChI is InChI=1S/C18H23N5O2/c24-17(22-9-3-5-16-20-10-11-21-16)14-6-12-23(13-7-14)18(25)15-4-1-2-8-19-15/h1-2,4,8,10-11,14H,3,5-7,9,12-13H2,(H,20,21)(H,22,24). The number of aryl methyl sites for hydroxylation is 1. The predicted octanol–water partition coefficient (Wildman–Crippen LogP) is 1.41. The van der Waals surface area contributed by atoms with Gasteiger partial charge in [-0.15, -0.1) is 0 Å². The molecular weight excluding hydrogens is 318 g/mol. The van der Waals surface area contributed by atoms with Gasteiger partial charge in [-0.2, -0.15) is 0 Å². The quantitative estimate of drug-likeness (QED) is 0.777. The van der Waals surface area contributed by atoms with Crippen LogP contribution in [0, 0.1) is 5.92 Å². The summed E-state index contributed by atoms with van der Waals surface area (Å²) in [6.07, 6.45) is 8.23. The van der Waals surface area contributed by atoms with Crippen molar-refractivity contribution >= 4 is 11.8 Å². The number of nitrogens with one attached hydrogen (secondary N) is 2. The predicted molar refractivity (Wildman–Crippen MR) is 92.8 cm³/mol. The Labute approximate surface area is 146 Å². The molecule has 7 heteroatoms. The SMILES string of the molecule is O=C(NCCCc1ncc[nH]1)C1CCN(C(=O)c2ccccn2)CC1. The van der Waals surface area contributed by atoms with Gasteiger partial charge in [-0.3, -0.25) is 14.6 Å². The Hall–Kier alpha value is -2.70. The molecule has 1 fully saturated rings. The Morgan fingerprint density at radius 2 is 2.04 bits per heavy atom. The summed E-state index contributed by atoms with van der Waals surface area (Å²) in [5, 5.41) is 2.99. The summed E-state index contributed by atoms with van der Waals surface area (Å²) in [7, 11) is 0. The van der Waals surface area contributed by atoms with E-state index in [9.17, 15) is 9.59 Å². The lowest BCUT2D eigenvalue weighted by Crippen LogP contribution is -2.43. The molecule has 25 heavy (non-hydrogen) atoms. The third kappa shape index (κ3) is 4.65. The number of imidazole rings is 1. The van der Waals surface area contributed by atoms with E-state index in [1.165, 1.54) is 0 Å². The molecule has 0 atom stereocenters. The number of hydrogen-bond donors (Lipinski definition) is 2. The summed E-state index contributed by atoms with van der Waals surface area (Å²) < 4.78 is 0. The zero-order valence-electron chi connectivity index (χ0n) is 14.1. The molecule has 0 unspecified atom stereocenters. The van der Waals surface area contributed by atoms with Crippen LogP contribution in [0.1, 0.15) is 35.6 Å². The van der Waals surface area contributed by atoms with E-state index in [2.05, 4.69) is 20.3 Å². The van der Waals surface area contributed by atoms with Gasteiger partial charge in [0.25, 0.3) is 5.91 Å². The van der Waals surface area contributed by atoms with Crippen molar-refractivity contribution in [1.82, 2.24) is 25.2 Å². The number of amides is 2. The lowest BCUT2D eigenvalue weighted by Gasteiger charge is -2.31. The van der Waals surface area contributed by atoms with Crippen LogP contribution in [0.25, 0.3) is 0 Å². The van der Waals surface area contributed by atoms with Gasteiger partial charge in [-0.05, 0) is 31.4 Å². The molecule has 2 aromatic heterocycles. The first kappa shape index (κ1) is 17.1. The third-order valence-electron chi connectivity index (χ3n) is 4.48. The number of H-pyrrole nitrogens is 1. The lowest BCUT2D eigenvalue weighted by molar-refractivity contribution is -0.126. The van der Waals surface area contributed by atoms with E-state index in [-0.39, 0.29) is 17.7 Å². The van der Waals surface area contributed by atoms with E-state index >= 15 is 0 Å². The van der Waals surface area contributed by atoms with Crippen LogP contribution >= 0.6 is 0 Å². The number of aromatic amines is 1. The van der Waals surface area contributed by atoms with Gasteiger partial charge in [0.15, 0.2) is 0 Å². The average Bonchev–Trinajstić information content (AvgIpc) is 3.19. The first-order valence-electron chi connectivity index (χ1n) is 8.70. The minimum Gasteiger partial charge on any atom is -0.356 e. The molecule has 1 aliphatic heterocycles. The Kier molecular flexibility index (Phi) is 5.77. The molecule has 7 nitrogen and oxygen atoms in total. The molecule has 0 spiro atoms. The number of pyridine rings is 1. The largest absolute Gasteiger partial charge is 0.356 e. The summed E-state index contributed by atoms with van der Waals surface area (Å²) in [5.41, 5.74) is 0.461. The first-order chi connectivity index (χ1) is 12.2. The molecule has 1 saturated heterocycles. The summed E-state index contributed by atoms with van der Waals surface area (Å²) in [4.78, 5) is 37.7. The van der Waals surface area contributed by atoms with E-state index in [1.54, 1.807) is 35.6 Å². The van der Waals surface area contributed by atoms with E-state index in [0.29, 0.717) is 38.2 Å². The van der Waals surface area contributed by atoms with E-state index in [1.807, 2.05) is 6.07 Å². The number of carbonyl (C=O) groups is 2. The Bertz CT molecular complexity index is 679. The molecule has 3 heterocycles. The maximum absolute atomic E-state index is 12.4. The van der Waals surface area contributed by atoms with Crippen molar-refractivity contribution < 1.29 is 9.59 Å². The van der Waals surface area contributed by atoms with E-state index < -0.39 is 0 Å². The molecular formula is C18H23N5O2. The number of rotatable bonds is 6. The van der Waals surface area contributed by atoms with Crippen molar-refractivity contribution in [2.75, 3.05) is 19.6 Å². The second kappa shape index (κ2) is 8.41. The summed E-state index contributed by atoms with van der Waals surface area (Å²) >= 11 is 0. The van der Waals surface area contributed by atoms with Crippen LogP contribution in [0.3, 0.4) is 0 Å². The molecule has 0 radical (unpaired) electrons. The van der Waals surface area contributed by atoms with Crippen LogP contribution < -0.4 is 5.32 Å². The maximum Gasteiger partial charge on any atom is 0.272 e. The summed E-state index contributed by atoms with van der Waals surface area (Å²) in [5.74, 6) is 0.953. The zero-order valence-corrected chi connectivity index (χ0v) is 14.1. The third-order valence-corrected chi connectivity index (χ3v) is 4.48. The molecule has 0 aliphatic carbocycles. The number of aromatic nitrogens is 3. The van der Waals surface area contributed by atoms with E-state index in [4.69, 9.17) is 0 Å². The molecule has 1 aliphatic rings. The highest BCUT2D eigenvalue weighted by atomic mass is 16.2. The van der Waals surface area contributed by atoms with Gasteiger partial charge < -0.3 is 15.2 Å². The summed E-state index contributed by atoms with van der Waals surface area (Å²) in [6.45, 7) is 1.84. The number of hydrogen-bond acceptors (Lipinski definition) is 4. The van der Waals surface area contributed by atoms with Crippen molar-refractivity contribution in [3.05, 3.63) is 48.3 Å². The molecule has 2 N–H and O–H groups in total. The topological polar surface area (TPSA) is 91.0 Å². The lowest BCUT2D eigenvalue weighted by atomic mass is 9.95. The number of likely N-dealkylation sites (tertiary alicyclic amines) is 1. The second-order valence-electron chi connectivity index (χ2n) is 6.21. The number of carbonyl (C=O) groups excluding carboxylic acids is 2. The monoisotopic (exact) mass is 341 g/mol. The zero-order chi connectivity index (χ0) is 17.5. The van der Waals surface area contributed by atoms with Crippen LogP contribution in [0.5, 0.6) is 0 Å². The second-order valence-corrected chi connectivity index (χ2v) is 6.21. The molecule has 2 amide bonds. The van der Waals surface area contributed by atoms with Gasteiger partial charge in [0.05, 0.1) is 0 Å². The molecule has 0 saturated carbocycles. The van der Waals surface area contributed by atoms with Crippen LogP contribution in [0.4, 0.5) is 0 Å². The highest BCUT2D eigenvalue weighted by molar-refractivity contribution is 5.92. The van der Waals surface area contributed by atoms with Crippen molar-refractivity contribution in [2.24, 2.45) is 5.92 Å². The van der Waals surface area contributed by atoms with Crippen LogP contribution in [-0.2, 0) is 11.2 Å². The van der Waals surface area contributed by atoms with Crippen molar-refractivity contribution in [3.8, 4) is 0 Å². The fraction of sp³-hybridized carbons (Fsp3) is 0.444. The molecule has 3 rings (SSSR count). The van der Waals surface area contributed by atoms with Crippen molar-refractivity contribution in [1.29, 1.82) is 0 Å². The first-order valence-corrected chi connectivity index (χ1v) is 8.70. The minimum atomic E-state index is -0.0575. The van der Waals surface area contributed by atoms with Gasteiger partial charge in [-0.1, -0.05) is 6.07 Å². The molecule has 132 valence electrons. The van der Waals surface area contributed by atoms with Gasteiger partial charge in [-0.25, -0.2) is 4.98 Å². The summed E-state index contributed by atoms with van der Waals surface area (Å²) in [6, 6.07) is 5.32. The van der Waals surface area contributed by atoms with Crippen molar-refractivity contribution in [3.63, 3.8) is 0 Å². The highest BCUT2D eigenvalue weighted by Gasteiger charge is 2.27. The van der Waals surface area contributed by atoms with E-state index in [0.717, 1.165) is 18.7 Å². The van der Waals surface area contributed by atoms with Gasteiger partial charge in [0.2, 0.25) is 5.91 Å². The van der Waals surface area contributed by atoms with Gasteiger partial charge >= 0.3 is 0 Å². The highest BCUT2D eigenvalue weighted by Crippen LogP contribution is 2.18. The van der Waals surface area contributed by atoms with Gasteiger partial charge in [0, 0.05) is 50.6 Å². The Morgan fingerprint density at radius 1 is 1.20 bits per heavy atom. The Balaban J connectivity index is 1.38. The fourth-order valence-electron chi connectivity index (χ4n) is 3.04. The molecule has 0 aromatic carbocycles.